The number of Topliss-reactive ketones (excluding diaryl/α,β-unsaturated/α-hetero) is 1. The highest BCUT2D eigenvalue weighted by Gasteiger charge is 2.17. The summed E-state index contributed by atoms with van der Waals surface area (Å²) in [6, 6.07) is 3.60. The Kier molecular flexibility index (Phi) is 3.63. The number of carbonyl (C=O) groups excluding carboxylic acids is 1. The summed E-state index contributed by atoms with van der Waals surface area (Å²) < 4.78 is 0. The lowest BCUT2D eigenvalue weighted by atomic mass is 9.99. The molecule has 1 aromatic heterocycles. The normalized spacial score (nSPS) is 13.2. The third-order valence-corrected chi connectivity index (χ3v) is 2.89. The molecule has 0 aromatic carbocycles. The number of thiophene rings is 1. The molecule has 1 aromatic rings. The van der Waals surface area contributed by atoms with Crippen LogP contribution in [0.5, 0.6) is 0 Å². The zero-order valence-corrected chi connectivity index (χ0v) is 8.80. The zero-order chi connectivity index (χ0) is 9.84. The smallest absolute Gasteiger partial charge is 0.154 e. The van der Waals surface area contributed by atoms with Gasteiger partial charge in [0, 0.05) is 11.3 Å². The van der Waals surface area contributed by atoms with Crippen molar-refractivity contribution in [2.75, 3.05) is 0 Å². The van der Waals surface area contributed by atoms with Crippen LogP contribution in [0.4, 0.5) is 0 Å². The number of hydrogen-bond donors (Lipinski definition) is 1. The molecule has 2 nitrogen and oxygen atoms in total. The predicted octanol–water partition coefficient (Wildman–Crippen LogP) is 1.84. The summed E-state index contributed by atoms with van der Waals surface area (Å²) >= 11 is 1.60. The molecule has 72 valence electrons. The highest BCUT2D eigenvalue weighted by molar-refractivity contribution is 7.10. The predicted molar refractivity (Wildman–Crippen MR) is 55.8 cm³/mol. The minimum atomic E-state index is -0.318. The average Bonchev–Trinajstić information content (AvgIpc) is 2.55. The Morgan fingerprint density at radius 2 is 2.31 bits per heavy atom. The fraction of sp³-hybridized carbons (Fsp3) is 0.500. The zero-order valence-electron chi connectivity index (χ0n) is 7.99. The van der Waals surface area contributed by atoms with Gasteiger partial charge >= 0.3 is 0 Å². The fourth-order valence-corrected chi connectivity index (χ4v) is 1.79. The van der Waals surface area contributed by atoms with Gasteiger partial charge in [0.2, 0.25) is 0 Å². The van der Waals surface area contributed by atoms with E-state index in [1.165, 1.54) is 0 Å². The quantitative estimate of drug-likeness (QED) is 0.800. The van der Waals surface area contributed by atoms with Gasteiger partial charge in [0.1, 0.15) is 0 Å². The van der Waals surface area contributed by atoms with Gasteiger partial charge in [0.15, 0.2) is 5.78 Å². The number of hydrogen-bond acceptors (Lipinski definition) is 3. The highest BCUT2D eigenvalue weighted by Crippen LogP contribution is 2.11. The minimum Gasteiger partial charge on any atom is -0.321 e. The van der Waals surface area contributed by atoms with E-state index in [9.17, 15) is 4.79 Å². The topological polar surface area (TPSA) is 43.1 Å². The van der Waals surface area contributed by atoms with Crippen LogP contribution in [0.25, 0.3) is 0 Å². The lowest BCUT2D eigenvalue weighted by Crippen LogP contribution is -2.36. The van der Waals surface area contributed by atoms with Gasteiger partial charge < -0.3 is 5.73 Å². The van der Waals surface area contributed by atoms with Gasteiger partial charge in [0.25, 0.3) is 0 Å². The van der Waals surface area contributed by atoms with Gasteiger partial charge in [-0.3, -0.25) is 4.79 Å². The SMILES string of the molecule is CC(C)C(N)C(=O)Cc1cccs1. The molecule has 0 saturated heterocycles. The molecule has 0 aliphatic heterocycles. The highest BCUT2D eigenvalue weighted by atomic mass is 32.1. The summed E-state index contributed by atoms with van der Waals surface area (Å²) in [7, 11) is 0. The van der Waals surface area contributed by atoms with Crippen LogP contribution in [0.15, 0.2) is 17.5 Å². The van der Waals surface area contributed by atoms with Crippen molar-refractivity contribution >= 4 is 17.1 Å². The summed E-state index contributed by atoms with van der Waals surface area (Å²) in [5.41, 5.74) is 5.73. The molecular formula is C10H15NOS. The Balaban J connectivity index is 2.51. The molecule has 1 rings (SSSR count). The van der Waals surface area contributed by atoms with Crippen LogP contribution < -0.4 is 5.73 Å². The molecule has 0 amide bonds. The standard InChI is InChI=1S/C10H15NOS/c1-7(2)10(11)9(12)6-8-4-3-5-13-8/h3-5,7,10H,6,11H2,1-2H3. The van der Waals surface area contributed by atoms with Crippen LogP contribution in [0.3, 0.4) is 0 Å². The largest absolute Gasteiger partial charge is 0.321 e. The summed E-state index contributed by atoms with van der Waals surface area (Å²) in [6.07, 6.45) is 0.483. The summed E-state index contributed by atoms with van der Waals surface area (Å²) in [5.74, 6) is 0.366. The van der Waals surface area contributed by atoms with Crippen molar-refractivity contribution in [3.8, 4) is 0 Å². The van der Waals surface area contributed by atoms with E-state index in [1.807, 2.05) is 31.4 Å². The second kappa shape index (κ2) is 4.53. The fourth-order valence-electron chi connectivity index (χ4n) is 1.07. The molecule has 0 radical (unpaired) electrons. The van der Waals surface area contributed by atoms with Crippen molar-refractivity contribution in [3.63, 3.8) is 0 Å². The first-order valence-corrected chi connectivity index (χ1v) is 5.30. The van der Waals surface area contributed by atoms with E-state index in [-0.39, 0.29) is 17.7 Å². The van der Waals surface area contributed by atoms with Crippen molar-refractivity contribution in [1.29, 1.82) is 0 Å². The van der Waals surface area contributed by atoms with Crippen LogP contribution in [0, 0.1) is 5.92 Å². The van der Waals surface area contributed by atoms with Crippen molar-refractivity contribution in [3.05, 3.63) is 22.4 Å². The summed E-state index contributed by atoms with van der Waals surface area (Å²) in [6.45, 7) is 3.94. The molecule has 1 unspecified atom stereocenters. The van der Waals surface area contributed by atoms with Gasteiger partial charge in [0.05, 0.1) is 6.04 Å². The van der Waals surface area contributed by atoms with Gasteiger partial charge in [-0.1, -0.05) is 19.9 Å². The molecule has 0 bridgehead atoms. The minimum absolute atomic E-state index is 0.137. The van der Waals surface area contributed by atoms with Gasteiger partial charge in [-0.15, -0.1) is 11.3 Å². The Labute approximate surface area is 82.8 Å². The second-order valence-electron chi connectivity index (χ2n) is 3.49. The molecule has 1 heterocycles. The molecule has 3 heteroatoms. The van der Waals surface area contributed by atoms with Crippen molar-refractivity contribution < 1.29 is 4.79 Å². The summed E-state index contributed by atoms with van der Waals surface area (Å²) in [5, 5.41) is 1.98. The molecule has 0 aliphatic rings. The van der Waals surface area contributed by atoms with E-state index in [0.29, 0.717) is 6.42 Å². The third kappa shape index (κ3) is 2.94. The molecule has 13 heavy (non-hydrogen) atoms. The maximum Gasteiger partial charge on any atom is 0.154 e. The van der Waals surface area contributed by atoms with Crippen LogP contribution >= 0.6 is 11.3 Å². The summed E-state index contributed by atoms with van der Waals surface area (Å²) in [4.78, 5) is 12.6. The van der Waals surface area contributed by atoms with E-state index >= 15 is 0 Å². The third-order valence-electron chi connectivity index (χ3n) is 2.02. The molecule has 0 fully saturated rings. The average molecular weight is 197 g/mol. The molecule has 0 saturated carbocycles. The van der Waals surface area contributed by atoms with Gasteiger partial charge in [-0.2, -0.15) is 0 Å². The Hall–Kier alpha value is -0.670. The van der Waals surface area contributed by atoms with E-state index in [2.05, 4.69) is 0 Å². The number of rotatable bonds is 4. The van der Waals surface area contributed by atoms with E-state index in [1.54, 1.807) is 11.3 Å². The van der Waals surface area contributed by atoms with Crippen molar-refractivity contribution in [2.24, 2.45) is 11.7 Å². The van der Waals surface area contributed by atoms with E-state index in [0.717, 1.165) is 4.88 Å². The van der Waals surface area contributed by atoms with Gasteiger partial charge in [-0.05, 0) is 17.4 Å². The van der Waals surface area contributed by atoms with Crippen LogP contribution in [-0.4, -0.2) is 11.8 Å². The van der Waals surface area contributed by atoms with E-state index < -0.39 is 0 Å². The first kappa shape index (κ1) is 10.4. The Bertz CT molecular complexity index is 266. The number of nitrogens with two attached hydrogens (primary N) is 1. The molecule has 2 N–H and O–H groups in total. The maximum atomic E-state index is 11.5. The molecule has 0 aliphatic carbocycles. The van der Waals surface area contributed by atoms with Crippen molar-refractivity contribution in [1.82, 2.24) is 0 Å². The monoisotopic (exact) mass is 197 g/mol. The Morgan fingerprint density at radius 1 is 1.62 bits per heavy atom. The van der Waals surface area contributed by atoms with Crippen LogP contribution in [-0.2, 0) is 11.2 Å². The lowest BCUT2D eigenvalue weighted by molar-refractivity contribution is -0.120. The van der Waals surface area contributed by atoms with Gasteiger partial charge in [-0.25, -0.2) is 0 Å². The first-order chi connectivity index (χ1) is 6.11. The first-order valence-electron chi connectivity index (χ1n) is 4.42. The number of ketones is 1. The van der Waals surface area contributed by atoms with Crippen LogP contribution in [0.2, 0.25) is 0 Å². The van der Waals surface area contributed by atoms with Crippen molar-refractivity contribution in [2.45, 2.75) is 26.3 Å². The molecule has 1 atom stereocenters. The second-order valence-corrected chi connectivity index (χ2v) is 4.52. The van der Waals surface area contributed by atoms with E-state index in [4.69, 9.17) is 5.73 Å². The lowest BCUT2D eigenvalue weighted by Gasteiger charge is -2.13. The molecular weight excluding hydrogens is 182 g/mol. The Morgan fingerprint density at radius 3 is 2.77 bits per heavy atom. The van der Waals surface area contributed by atoms with Crippen LogP contribution in [0.1, 0.15) is 18.7 Å². The maximum absolute atomic E-state index is 11.5. The number of carbonyl (C=O) groups is 1. The molecule has 0 spiro atoms.